The number of carbonyl (C=O) groups excluding carboxylic acids is 2. The average molecular weight is 389 g/mol. The second-order valence-corrected chi connectivity index (χ2v) is 6.74. The largest absolute Gasteiger partial charge is 0.347 e. The van der Waals surface area contributed by atoms with Crippen molar-refractivity contribution in [2.45, 2.75) is 27.3 Å². The Morgan fingerprint density at radius 1 is 0.931 bits per heavy atom. The van der Waals surface area contributed by atoms with E-state index in [0.717, 1.165) is 16.8 Å². The Hall–Kier alpha value is -3.74. The van der Waals surface area contributed by atoms with E-state index >= 15 is 0 Å². The maximum atomic E-state index is 12.6. The highest BCUT2D eigenvalue weighted by atomic mass is 16.2. The number of nitrogens with one attached hydrogen (secondary N) is 3. The number of anilines is 3. The third-order valence-corrected chi connectivity index (χ3v) is 4.06. The van der Waals surface area contributed by atoms with E-state index in [1.807, 2.05) is 43.3 Å². The minimum absolute atomic E-state index is 0.146. The first kappa shape index (κ1) is 20.0. The SMILES string of the molecule is CC(=O)Nc1cccc(Nc2cc(C(=O)NCc3cccc(C)c3)nc(C)n2)c1. The van der Waals surface area contributed by atoms with Gasteiger partial charge in [-0.15, -0.1) is 0 Å². The second kappa shape index (κ2) is 8.97. The maximum absolute atomic E-state index is 12.6. The molecule has 2 amide bonds. The van der Waals surface area contributed by atoms with Crippen molar-refractivity contribution < 1.29 is 9.59 Å². The Morgan fingerprint density at radius 3 is 2.45 bits per heavy atom. The van der Waals surface area contributed by atoms with Gasteiger partial charge in [-0.25, -0.2) is 9.97 Å². The number of carbonyl (C=O) groups is 2. The number of benzene rings is 2. The number of aromatic nitrogens is 2. The summed E-state index contributed by atoms with van der Waals surface area (Å²) < 4.78 is 0. The Labute approximate surface area is 169 Å². The van der Waals surface area contributed by atoms with Crippen LogP contribution in [-0.4, -0.2) is 21.8 Å². The number of amides is 2. The first-order valence-electron chi connectivity index (χ1n) is 9.23. The van der Waals surface area contributed by atoms with Gasteiger partial charge in [-0.2, -0.15) is 0 Å². The quantitative estimate of drug-likeness (QED) is 0.597. The minimum atomic E-state index is -0.271. The molecule has 7 heteroatoms. The van der Waals surface area contributed by atoms with E-state index in [2.05, 4.69) is 25.9 Å². The van der Waals surface area contributed by atoms with E-state index in [1.54, 1.807) is 25.1 Å². The van der Waals surface area contributed by atoms with Crippen molar-refractivity contribution in [2.24, 2.45) is 0 Å². The molecule has 0 aliphatic heterocycles. The summed E-state index contributed by atoms with van der Waals surface area (Å²) in [5.74, 6) is 0.562. The molecule has 2 aromatic carbocycles. The Bertz CT molecular complexity index is 1050. The molecule has 0 saturated heterocycles. The van der Waals surface area contributed by atoms with Crippen LogP contribution in [0, 0.1) is 13.8 Å². The van der Waals surface area contributed by atoms with Gasteiger partial charge in [0.05, 0.1) is 0 Å². The number of nitrogens with zero attached hydrogens (tertiary/aromatic N) is 2. The standard InChI is InChI=1S/C22H23N5O2/c1-14-6-4-7-17(10-14)13-23-22(29)20-12-21(25-15(2)24-20)27-19-9-5-8-18(11-19)26-16(3)28/h4-12H,13H2,1-3H3,(H,23,29)(H,26,28)(H,24,25,27). The van der Waals surface area contributed by atoms with Gasteiger partial charge in [0.25, 0.3) is 5.91 Å². The molecule has 7 nitrogen and oxygen atoms in total. The molecule has 0 fully saturated rings. The van der Waals surface area contributed by atoms with E-state index in [0.29, 0.717) is 23.9 Å². The van der Waals surface area contributed by atoms with E-state index < -0.39 is 0 Å². The van der Waals surface area contributed by atoms with Crippen molar-refractivity contribution in [3.63, 3.8) is 0 Å². The summed E-state index contributed by atoms with van der Waals surface area (Å²) in [6.45, 7) is 5.62. The van der Waals surface area contributed by atoms with Crippen molar-refractivity contribution in [1.82, 2.24) is 15.3 Å². The van der Waals surface area contributed by atoms with Crippen molar-refractivity contribution >= 4 is 29.0 Å². The zero-order valence-electron chi connectivity index (χ0n) is 16.6. The molecule has 1 heterocycles. The fraction of sp³-hybridized carbons (Fsp3) is 0.182. The number of hydrogen-bond acceptors (Lipinski definition) is 5. The van der Waals surface area contributed by atoms with Gasteiger partial charge in [0.1, 0.15) is 17.3 Å². The fourth-order valence-corrected chi connectivity index (χ4v) is 2.87. The van der Waals surface area contributed by atoms with E-state index in [9.17, 15) is 9.59 Å². The van der Waals surface area contributed by atoms with Gasteiger partial charge < -0.3 is 16.0 Å². The van der Waals surface area contributed by atoms with Crippen LogP contribution in [0.3, 0.4) is 0 Å². The smallest absolute Gasteiger partial charge is 0.270 e. The maximum Gasteiger partial charge on any atom is 0.270 e. The molecule has 0 aliphatic carbocycles. The third kappa shape index (κ3) is 5.87. The van der Waals surface area contributed by atoms with Gasteiger partial charge in [0.2, 0.25) is 5.91 Å². The molecule has 0 saturated carbocycles. The summed E-state index contributed by atoms with van der Waals surface area (Å²) >= 11 is 0. The van der Waals surface area contributed by atoms with Crippen LogP contribution in [0.4, 0.5) is 17.2 Å². The molecule has 3 rings (SSSR count). The lowest BCUT2D eigenvalue weighted by Crippen LogP contribution is -2.24. The molecule has 148 valence electrons. The van der Waals surface area contributed by atoms with Gasteiger partial charge in [-0.1, -0.05) is 35.9 Å². The highest BCUT2D eigenvalue weighted by Crippen LogP contribution is 2.19. The van der Waals surface area contributed by atoms with Gasteiger partial charge in [-0.05, 0) is 37.6 Å². The molecular formula is C22H23N5O2. The first-order valence-corrected chi connectivity index (χ1v) is 9.23. The Morgan fingerprint density at radius 2 is 1.69 bits per heavy atom. The second-order valence-electron chi connectivity index (χ2n) is 6.74. The number of rotatable bonds is 6. The number of aryl methyl sites for hydroxylation is 2. The van der Waals surface area contributed by atoms with Crippen LogP contribution in [0.25, 0.3) is 0 Å². The molecule has 0 unspecified atom stereocenters. The van der Waals surface area contributed by atoms with Crippen LogP contribution in [0.2, 0.25) is 0 Å². The minimum Gasteiger partial charge on any atom is -0.347 e. The normalized spacial score (nSPS) is 10.3. The molecule has 0 aliphatic rings. The first-order chi connectivity index (χ1) is 13.9. The summed E-state index contributed by atoms with van der Waals surface area (Å²) in [7, 11) is 0. The average Bonchev–Trinajstić information content (AvgIpc) is 2.65. The zero-order valence-corrected chi connectivity index (χ0v) is 16.6. The van der Waals surface area contributed by atoms with E-state index in [1.165, 1.54) is 6.92 Å². The van der Waals surface area contributed by atoms with Crippen molar-refractivity contribution in [2.75, 3.05) is 10.6 Å². The molecule has 3 N–H and O–H groups in total. The van der Waals surface area contributed by atoms with Crippen LogP contribution < -0.4 is 16.0 Å². The molecule has 3 aromatic rings. The Balaban J connectivity index is 1.72. The lowest BCUT2D eigenvalue weighted by Gasteiger charge is -2.11. The summed E-state index contributed by atoms with van der Waals surface area (Å²) in [5, 5.41) is 8.77. The molecule has 1 aromatic heterocycles. The van der Waals surface area contributed by atoms with Gasteiger partial charge in [0, 0.05) is 30.9 Å². The topological polar surface area (TPSA) is 96.0 Å². The van der Waals surface area contributed by atoms with Crippen molar-refractivity contribution in [1.29, 1.82) is 0 Å². The molecule has 0 atom stereocenters. The molecular weight excluding hydrogens is 366 g/mol. The Kier molecular flexibility index (Phi) is 6.19. The zero-order chi connectivity index (χ0) is 20.8. The third-order valence-electron chi connectivity index (χ3n) is 4.06. The lowest BCUT2D eigenvalue weighted by atomic mass is 10.1. The van der Waals surface area contributed by atoms with E-state index in [4.69, 9.17) is 0 Å². The van der Waals surface area contributed by atoms with Gasteiger partial charge in [-0.3, -0.25) is 9.59 Å². The van der Waals surface area contributed by atoms with Gasteiger partial charge in [0.15, 0.2) is 0 Å². The van der Waals surface area contributed by atoms with Crippen LogP contribution in [0.1, 0.15) is 34.4 Å². The van der Waals surface area contributed by atoms with Crippen LogP contribution in [0.15, 0.2) is 54.6 Å². The van der Waals surface area contributed by atoms with Crippen molar-refractivity contribution in [3.05, 3.63) is 77.2 Å². The summed E-state index contributed by atoms with van der Waals surface area (Å²) in [5.41, 5.74) is 3.86. The molecule has 0 spiro atoms. The highest BCUT2D eigenvalue weighted by molar-refractivity contribution is 5.93. The summed E-state index contributed by atoms with van der Waals surface area (Å²) in [4.78, 5) is 32.4. The molecule has 29 heavy (non-hydrogen) atoms. The van der Waals surface area contributed by atoms with Crippen LogP contribution in [0.5, 0.6) is 0 Å². The number of hydrogen-bond donors (Lipinski definition) is 3. The molecule has 0 bridgehead atoms. The van der Waals surface area contributed by atoms with E-state index in [-0.39, 0.29) is 17.5 Å². The summed E-state index contributed by atoms with van der Waals surface area (Å²) in [6.07, 6.45) is 0. The lowest BCUT2D eigenvalue weighted by molar-refractivity contribution is -0.114. The summed E-state index contributed by atoms with van der Waals surface area (Å²) in [6, 6.07) is 16.8. The van der Waals surface area contributed by atoms with Crippen LogP contribution in [-0.2, 0) is 11.3 Å². The predicted octanol–water partition coefficient (Wildman–Crippen LogP) is 3.73. The highest BCUT2D eigenvalue weighted by Gasteiger charge is 2.11. The fourth-order valence-electron chi connectivity index (χ4n) is 2.87. The molecule has 0 radical (unpaired) electrons. The van der Waals surface area contributed by atoms with Crippen molar-refractivity contribution in [3.8, 4) is 0 Å². The predicted molar refractivity (Wildman–Crippen MR) is 113 cm³/mol. The monoisotopic (exact) mass is 389 g/mol. The van der Waals surface area contributed by atoms with Gasteiger partial charge >= 0.3 is 0 Å². The van der Waals surface area contributed by atoms with Crippen LogP contribution >= 0.6 is 0 Å².